The Morgan fingerprint density at radius 1 is 0.968 bits per heavy atom. The van der Waals surface area contributed by atoms with E-state index in [2.05, 4.69) is 17.6 Å². The molecule has 0 saturated carbocycles. The molecule has 0 bridgehead atoms. The second-order valence-corrected chi connectivity index (χ2v) is 7.24. The largest absolute Gasteiger partial charge is 0.493 e. The molecule has 0 radical (unpaired) electrons. The summed E-state index contributed by atoms with van der Waals surface area (Å²) >= 11 is 0. The maximum Gasteiger partial charge on any atom is 0.323 e. The van der Waals surface area contributed by atoms with Crippen molar-refractivity contribution in [3.05, 3.63) is 35.9 Å². The zero-order valence-electron chi connectivity index (χ0n) is 18.4. The third kappa shape index (κ3) is 5.02. The first-order valence-corrected chi connectivity index (χ1v) is 10.3. The van der Waals surface area contributed by atoms with Gasteiger partial charge in [0.1, 0.15) is 0 Å². The van der Waals surface area contributed by atoms with Gasteiger partial charge in [0.25, 0.3) is 0 Å². The smallest absolute Gasteiger partial charge is 0.323 e. The molecular formula is C23H29N3O5. The summed E-state index contributed by atoms with van der Waals surface area (Å²) < 4.78 is 15.9. The molecule has 8 heteroatoms. The predicted octanol–water partition coefficient (Wildman–Crippen LogP) is 4.44. The standard InChI is InChI=1S/C23H29N3O5/c1-5-6-11-26-18-9-8-16(12-15(18)7-10-21(26)27)24-23(28)25-17-13-19(29-2)22(31-4)20(14-17)30-3/h8-9,12-14H,5-7,10-11H2,1-4H3,(H2,24,25,28). The number of hydrogen-bond acceptors (Lipinski definition) is 5. The zero-order valence-corrected chi connectivity index (χ0v) is 18.4. The van der Waals surface area contributed by atoms with E-state index in [9.17, 15) is 9.59 Å². The first-order valence-electron chi connectivity index (χ1n) is 10.3. The number of aryl methyl sites for hydroxylation is 1. The molecule has 3 rings (SSSR count). The third-order valence-electron chi connectivity index (χ3n) is 5.20. The van der Waals surface area contributed by atoms with Crippen molar-refractivity contribution in [1.82, 2.24) is 0 Å². The maximum absolute atomic E-state index is 12.6. The lowest BCUT2D eigenvalue weighted by atomic mass is 10.00. The lowest BCUT2D eigenvalue weighted by molar-refractivity contribution is -0.118. The van der Waals surface area contributed by atoms with Crippen LogP contribution < -0.4 is 29.7 Å². The predicted molar refractivity (Wildman–Crippen MR) is 121 cm³/mol. The average Bonchev–Trinajstić information content (AvgIpc) is 2.77. The highest BCUT2D eigenvalue weighted by molar-refractivity contribution is 6.01. The monoisotopic (exact) mass is 427 g/mol. The van der Waals surface area contributed by atoms with Crippen molar-refractivity contribution >= 4 is 29.0 Å². The molecule has 0 spiro atoms. The lowest BCUT2D eigenvalue weighted by Crippen LogP contribution is -2.35. The van der Waals surface area contributed by atoms with Crippen LogP contribution in [0.2, 0.25) is 0 Å². The van der Waals surface area contributed by atoms with Crippen LogP contribution in [0.25, 0.3) is 0 Å². The SMILES string of the molecule is CCCCN1C(=O)CCc2cc(NC(=O)Nc3cc(OC)c(OC)c(OC)c3)ccc21. The molecule has 0 saturated heterocycles. The molecule has 0 aromatic heterocycles. The summed E-state index contributed by atoms with van der Waals surface area (Å²) in [5, 5.41) is 5.63. The Bertz CT molecular complexity index is 935. The van der Waals surface area contributed by atoms with E-state index in [-0.39, 0.29) is 5.91 Å². The molecule has 3 amide bonds. The Morgan fingerprint density at radius 3 is 2.26 bits per heavy atom. The van der Waals surface area contributed by atoms with Gasteiger partial charge in [-0.2, -0.15) is 0 Å². The van der Waals surface area contributed by atoms with Crippen molar-refractivity contribution in [2.75, 3.05) is 43.4 Å². The van der Waals surface area contributed by atoms with Crippen molar-refractivity contribution in [3.8, 4) is 17.2 Å². The van der Waals surface area contributed by atoms with E-state index in [0.29, 0.717) is 41.5 Å². The van der Waals surface area contributed by atoms with Crippen LogP contribution in [0, 0.1) is 0 Å². The van der Waals surface area contributed by atoms with Gasteiger partial charge in [-0.15, -0.1) is 0 Å². The van der Waals surface area contributed by atoms with Crippen LogP contribution >= 0.6 is 0 Å². The van der Waals surface area contributed by atoms with E-state index < -0.39 is 6.03 Å². The summed E-state index contributed by atoms with van der Waals surface area (Å²) in [6.45, 7) is 2.83. The van der Waals surface area contributed by atoms with Crippen LogP contribution in [0.4, 0.5) is 21.9 Å². The third-order valence-corrected chi connectivity index (χ3v) is 5.20. The number of nitrogens with zero attached hydrogens (tertiary/aromatic N) is 1. The van der Waals surface area contributed by atoms with Crippen LogP contribution in [0.15, 0.2) is 30.3 Å². The van der Waals surface area contributed by atoms with Gasteiger partial charge in [-0.05, 0) is 36.6 Å². The minimum atomic E-state index is -0.399. The van der Waals surface area contributed by atoms with Gasteiger partial charge >= 0.3 is 6.03 Å². The average molecular weight is 428 g/mol. The highest BCUT2D eigenvalue weighted by atomic mass is 16.5. The number of hydrogen-bond donors (Lipinski definition) is 2. The number of rotatable bonds is 8. The molecule has 0 unspecified atom stereocenters. The molecule has 8 nitrogen and oxygen atoms in total. The topological polar surface area (TPSA) is 89.1 Å². The van der Waals surface area contributed by atoms with E-state index in [0.717, 1.165) is 30.6 Å². The summed E-state index contributed by atoms with van der Waals surface area (Å²) in [5.74, 6) is 1.50. The van der Waals surface area contributed by atoms with Crippen LogP contribution in [-0.2, 0) is 11.2 Å². The van der Waals surface area contributed by atoms with Crippen molar-refractivity contribution < 1.29 is 23.8 Å². The van der Waals surface area contributed by atoms with Crippen LogP contribution in [0.5, 0.6) is 17.2 Å². The van der Waals surface area contributed by atoms with Gasteiger partial charge in [-0.3, -0.25) is 4.79 Å². The molecule has 0 aliphatic carbocycles. The first-order chi connectivity index (χ1) is 15.0. The van der Waals surface area contributed by atoms with Crippen LogP contribution in [-0.4, -0.2) is 39.8 Å². The van der Waals surface area contributed by atoms with Crippen LogP contribution in [0.3, 0.4) is 0 Å². The highest BCUT2D eigenvalue weighted by Crippen LogP contribution is 2.40. The number of urea groups is 1. The number of carbonyl (C=O) groups excluding carboxylic acids is 2. The molecule has 1 aliphatic rings. The van der Waals surface area contributed by atoms with Gasteiger partial charge in [0.15, 0.2) is 11.5 Å². The summed E-state index contributed by atoms with van der Waals surface area (Å²) in [5.41, 5.74) is 3.15. The molecule has 166 valence electrons. The summed E-state index contributed by atoms with van der Waals surface area (Å²) in [4.78, 5) is 26.7. The molecule has 0 atom stereocenters. The zero-order chi connectivity index (χ0) is 22.4. The number of carbonyl (C=O) groups is 2. The molecular weight excluding hydrogens is 398 g/mol. The molecule has 2 N–H and O–H groups in total. The fraction of sp³-hybridized carbons (Fsp3) is 0.391. The molecule has 1 heterocycles. The minimum Gasteiger partial charge on any atom is -0.493 e. The number of nitrogens with one attached hydrogen (secondary N) is 2. The van der Waals surface area contributed by atoms with E-state index in [1.165, 1.54) is 21.3 Å². The van der Waals surface area contributed by atoms with Crippen molar-refractivity contribution in [2.45, 2.75) is 32.6 Å². The molecule has 2 aromatic rings. The molecule has 1 aliphatic heterocycles. The Morgan fingerprint density at radius 2 is 1.65 bits per heavy atom. The lowest BCUT2D eigenvalue weighted by Gasteiger charge is -2.29. The van der Waals surface area contributed by atoms with Gasteiger partial charge in [-0.1, -0.05) is 13.3 Å². The van der Waals surface area contributed by atoms with Crippen molar-refractivity contribution in [3.63, 3.8) is 0 Å². The number of unbranched alkanes of at least 4 members (excludes halogenated alkanes) is 1. The highest BCUT2D eigenvalue weighted by Gasteiger charge is 2.24. The number of benzene rings is 2. The van der Waals surface area contributed by atoms with E-state index in [1.807, 2.05) is 23.1 Å². The minimum absolute atomic E-state index is 0.154. The van der Waals surface area contributed by atoms with Gasteiger partial charge in [0.05, 0.1) is 27.0 Å². The number of fused-ring (bicyclic) bond motifs is 1. The van der Waals surface area contributed by atoms with Gasteiger partial charge in [0.2, 0.25) is 11.7 Å². The summed E-state index contributed by atoms with van der Waals surface area (Å²) in [6, 6.07) is 8.55. The van der Waals surface area contributed by atoms with Crippen molar-refractivity contribution in [2.24, 2.45) is 0 Å². The second kappa shape index (κ2) is 10.1. The fourth-order valence-electron chi connectivity index (χ4n) is 3.65. The fourth-order valence-corrected chi connectivity index (χ4v) is 3.65. The summed E-state index contributed by atoms with van der Waals surface area (Å²) in [6.07, 6.45) is 3.14. The first kappa shape index (κ1) is 22.3. The van der Waals surface area contributed by atoms with Gasteiger partial charge < -0.3 is 29.7 Å². The van der Waals surface area contributed by atoms with E-state index in [1.54, 1.807) is 12.1 Å². The number of amides is 3. The van der Waals surface area contributed by atoms with Crippen LogP contribution in [0.1, 0.15) is 31.7 Å². The normalized spacial score (nSPS) is 12.8. The number of ether oxygens (including phenoxy) is 3. The molecule has 0 fully saturated rings. The van der Waals surface area contributed by atoms with Gasteiger partial charge in [0, 0.05) is 36.5 Å². The Hall–Kier alpha value is -3.42. The quantitative estimate of drug-likeness (QED) is 0.650. The Kier molecular flexibility index (Phi) is 7.23. The summed E-state index contributed by atoms with van der Waals surface area (Å²) in [7, 11) is 4.55. The number of anilines is 3. The van der Waals surface area contributed by atoms with E-state index in [4.69, 9.17) is 14.2 Å². The Labute approximate surface area is 182 Å². The van der Waals surface area contributed by atoms with Gasteiger partial charge in [-0.25, -0.2) is 4.79 Å². The number of methoxy groups -OCH3 is 3. The second-order valence-electron chi connectivity index (χ2n) is 7.24. The molecule has 2 aromatic carbocycles. The molecule has 31 heavy (non-hydrogen) atoms. The maximum atomic E-state index is 12.6. The van der Waals surface area contributed by atoms with Crippen molar-refractivity contribution in [1.29, 1.82) is 0 Å². The Balaban J connectivity index is 1.74. The van der Waals surface area contributed by atoms with E-state index >= 15 is 0 Å².